The molecule has 4 heteroatoms. The molecule has 0 amide bonds. The van der Waals surface area contributed by atoms with E-state index in [9.17, 15) is 0 Å². The number of anilines is 1. The minimum atomic E-state index is 0.474. The minimum absolute atomic E-state index is 0.474. The Bertz CT molecular complexity index is 581. The molecule has 0 aliphatic heterocycles. The number of rotatable bonds is 4. The van der Waals surface area contributed by atoms with Gasteiger partial charge in [0.25, 0.3) is 0 Å². The first-order valence-electron chi connectivity index (χ1n) is 6.06. The van der Waals surface area contributed by atoms with Crippen LogP contribution >= 0.6 is 27.7 Å². The number of fused-ring (bicyclic) bond motifs is 1. The van der Waals surface area contributed by atoms with Crippen LogP contribution in [0, 0.1) is 0 Å². The van der Waals surface area contributed by atoms with Crippen molar-refractivity contribution in [3.8, 4) is 0 Å². The highest BCUT2D eigenvalue weighted by atomic mass is 79.9. The molecule has 18 heavy (non-hydrogen) atoms. The zero-order chi connectivity index (χ0) is 12.6. The maximum atomic E-state index is 4.40. The molecule has 94 valence electrons. The summed E-state index contributed by atoms with van der Waals surface area (Å²) >= 11 is 5.50. The number of benzene rings is 1. The molecule has 1 aliphatic carbocycles. The second-order valence-corrected chi connectivity index (χ2v) is 6.95. The summed E-state index contributed by atoms with van der Waals surface area (Å²) in [5.41, 5.74) is 2.22. The summed E-state index contributed by atoms with van der Waals surface area (Å²) in [4.78, 5) is 4.40. The summed E-state index contributed by atoms with van der Waals surface area (Å²) in [6, 6.07) is 8.27. The Morgan fingerprint density at radius 3 is 2.94 bits per heavy atom. The standard InChI is InChI=1S/C14H15BrN2S/c1-18-14(5-6-14)9-17-13-4-7-16-12-3-2-10(15)8-11(12)13/h2-4,7-8H,5-6,9H2,1H3,(H,16,17). The SMILES string of the molecule is CSC1(CNc2ccnc3ccc(Br)cc23)CC1. The fraction of sp³-hybridized carbons (Fsp3) is 0.357. The predicted octanol–water partition coefficient (Wildman–Crippen LogP) is 4.30. The van der Waals surface area contributed by atoms with Crippen LogP contribution < -0.4 is 5.32 Å². The number of pyridine rings is 1. The quantitative estimate of drug-likeness (QED) is 0.908. The van der Waals surface area contributed by atoms with E-state index in [0.29, 0.717) is 4.75 Å². The van der Waals surface area contributed by atoms with Gasteiger partial charge in [-0.15, -0.1) is 0 Å². The molecule has 0 atom stereocenters. The van der Waals surface area contributed by atoms with Crippen molar-refractivity contribution in [2.45, 2.75) is 17.6 Å². The highest BCUT2D eigenvalue weighted by Crippen LogP contribution is 2.47. The molecule has 1 aliphatic rings. The number of hydrogen-bond donors (Lipinski definition) is 1. The van der Waals surface area contributed by atoms with E-state index in [2.05, 4.69) is 44.6 Å². The summed E-state index contributed by atoms with van der Waals surface area (Å²) in [6.07, 6.45) is 6.73. The van der Waals surface area contributed by atoms with Crippen molar-refractivity contribution >= 4 is 44.3 Å². The molecule has 2 aromatic rings. The van der Waals surface area contributed by atoms with E-state index in [4.69, 9.17) is 0 Å². The zero-order valence-corrected chi connectivity index (χ0v) is 12.6. The molecule has 1 saturated carbocycles. The van der Waals surface area contributed by atoms with E-state index in [1.54, 1.807) is 0 Å². The van der Waals surface area contributed by atoms with E-state index in [0.717, 1.165) is 16.5 Å². The number of thioether (sulfide) groups is 1. The molecule has 1 N–H and O–H groups in total. The van der Waals surface area contributed by atoms with Gasteiger partial charge in [-0.3, -0.25) is 4.98 Å². The molecular weight excluding hydrogens is 308 g/mol. The van der Waals surface area contributed by atoms with Crippen LogP contribution in [0.3, 0.4) is 0 Å². The fourth-order valence-corrected chi connectivity index (χ4v) is 3.21. The largest absolute Gasteiger partial charge is 0.383 e. The van der Waals surface area contributed by atoms with Gasteiger partial charge in [0.1, 0.15) is 0 Å². The highest BCUT2D eigenvalue weighted by Gasteiger charge is 2.41. The third kappa shape index (κ3) is 2.36. The molecule has 1 fully saturated rings. The van der Waals surface area contributed by atoms with E-state index in [1.165, 1.54) is 23.9 Å². The molecule has 1 aromatic heterocycles. The summed E-state index contributed by atoms with van der Waals surface area (Å²) in [5.74, 6) is 0. The van der Waals surface area contributed by atoms with Gasteiger partial charge in [-0.25, -0.2) is 0 Å². The van der Waals surface area contributed by atoms with Gasteiger partial charge in [-0.2, -0.15) is 11.8 Å². The third-order valence-corrected chi connectivity index (χ3v) is 5.46. The van der Waals surface area contributed by atoms with Crippen LogP contribution in [0.2, 0.25) is 0 Å². The van der Waals surface area contributed by atoms with Crippen LogP contribution in [-0.2, 0) is 0 Å². The monoisotopic (exact) mass is 322 g/mol. The lowest BCUT2D eigenvalue weighted by Gasteiger charge is -2.15. The average molecular weight is 323 g/mol. The van der Waals surface area contributed by atoms with Gasteiger partial charge < -0.3 is 5.32 Å². The van der Waals surface area contributed by atoms with Crippen molar-refractivity contribution in [1.82, 2.24) is 4.98 Å². The van der Waals surface area contributed by atoms with Crippen LogP contribution in [0.1, 0.15) is 12.8 Å². The Labute approximate surface area is 120 Å². The Morgan fingerprint density at radius 2 is 2.22 bits per heavy atom. The molecule has 0 spiro atoms. The van der Waals surface area contributed by atoms with E-state index in [-0.39, 0.29) is 0 Å². The molecular formula is C14H15BrN2S. The lowest BCUT2D eigenvalue weighted by Crippen LogP contribution is -2.17. The lowest BCUT2D eigenvalue weighted by molar-refractivity contribution is 0.950. The second-order valence-electron chi connectivity index (χ2n) is 4.76. The van der Waals surface area contributed by atoms with Crippen LogP contribution in [-0.4, -0.2) is 22.5 Å². The normalized spacial score (nSPS) is 16.8. The first-order chi connectivity index (χ1) is 8.72. The summed E-state index contributed by atoms with van der Waals surface area (Å²) in [5, 5.41) is 4.77. The van der Waals surface area contributed by atoms with Gasteiger partial charge in [-0.1, -0.05) is 15.9 Å². The Hall–Kier alpha value is -0.740. The van der Waals surface area contributed by atoms with Crippen molar-refractivity contribution < 1.29 is 0 Å². The molecule has 0 bridgehead atoms. The van der Waals surface area contributed by atoms with Crippen LogP contribution in [0.25, 0.3) is 10.9 Å². The van der Waals surface area contributed by atoms with Gasteiger partial charge >= 0.3 is 0 Å². The Morgan fingerprint density at radius 1 is 1.39 bits per heavy atom. The van der Waals surface area contributed by atoms with Crippen molar-refractivity contribution in [3.05, 3.63) is 34.9 Å². The first-order valence-corrected chi connectivity index (χ1v) is 8.08. The van der Waals surface area contributed by atoms with Crippen LogP contribution in [0.15, 0.2) is 34.9 Å². The molecule has 3 rings (SSSR count). The number of halogens is 1. The average Bonchev–Trinajstić information content (AvgIpc) is 3.17. The summed E-state index contributed by atoms with van der Waals surface area (Å²) < 4.78 is 1.57. The predicted molar refractivity (Wildman–Crippen MR) is 83.4 cm³/mol. The van der Waals surface area contributed by atoms with Gasteiger partial charge in [0.05, 0.1) is 5.52 Å². The second kappa shape index (κ2) is 4.74. The topological polar surface area (TPSA) is 24.9 Å². The molecule has 1 heterocycles. The van der Waals surface area contributed by atoms with Crippen molar-refractivity contribution in [2.75, 3.05) is 18.1 Å². The molecule has 0 unspecified atom stereocenters. The number of aromatic nitrogens is 1. The zero-order valence-electron chi connectivity index (χ0n) is 10.2. The maximum Gasteiger partial charge on any atom is 0.0723 e. The Kier molecular flexibility index (Phi) is 3.24. The fourth-order valence-electron chi connectivity index (χ4n) is 2.12. The maximum absolute atomic E-state index is 4.40. The van der Waals surface area contributed by atoms with Crippen molar-refractivity contribution in [1.29, 1.82) is 0 Å². The summed E-state index contributed by atoms with van der Waals surface area (Å²) in [7, 11) is 0. The van der Waals surface area contributed by atoms with Crippen molar-refractivity contribution in [2.24, 2.45) is 0 Å². The smallest absolute Gasteiger partial charge is 0.0723 e. The molecule has 2 nitrogen and oxygen atoms in total. The molecule has 0 radical (unpaired) electrons. The molecule has 0 saturated heterocycles. The van der Waals surface area contributed by atoms with Gasteiger partial charge in [-0.05, 0) is 43.4 Å². The number of nitrogens with one attached hydrogen (secondary N) is 1. The number of nitrogens with zero attached hydrogens (tertiary/aromatic N) is 1. The van der Waals surface area contributed by atoms with Crippen LogP contribution in [0.4, 0.5) is 5.69 Å². The Balaban J connectivity index is 1.89. The van der Waals surface area contributed by atoms with Gasteiger partial charge in [0, 0.05) is 33.0 Å². The van der Waals surface area contributed by atoms with E-state index < -0.39 is 0 Å². The minimum Gasteiger partial charge on any atom is -0.383 e. The molecule has 1 aromatic carbocycles. The van der Waals surface area contributed by atoms with Gasteiger partial charge in [0.2, 0.25) is 0 Å². The number of hydrogen-bond acceptors (Lipinski definition) is 3. The van der Waals surface area contributed by atoms with Crippen molar-refractivity contribution in [3.63, 3.8) is 0 Å². The van der Waals surface area contributed by atoms with Crippen LogP contribution in [0.5, 0.6) is 0 Å². The van der Waals surface area contributed by atoms with E-state index in [1.807, 2.05) is 30.1 Å². The summed E-state index contributed by atoms with van der Waals surface area (Å²) in [6.45, 7) is 1.04. The highest BCUT2D eigenvalue weighted by molar-refractivity contribution is 9.10. The first kappa shape index (κ1) is 12.3. The third-order valence-electron chi connectivity index (χ3n) is 3.55. The van der Waals surface area contributed by atoms with Gasteiger partial charge in [0.15, 0.2) is 0 Å². The van der Waals surface area contributed by atoms with E-state index >= 15 is 0 Å². The lowest BCUT2D eigenvalue weighted by atomic mass is 10.2.